The van der Waals surface area contributed by atoms with E-state index in [1.54, 1.807) is 11.0 Å². The van der Waals surface area contributed by atoms with Crippen molar-refractivity contribution in [2.45, 2.75) is 25.4 Å². The van der Waals surface area contributed by atoms with Crippen LogP contribution < -0.4 is 5.31 Å². The Hall–Kier alpha value is -2.27. The maximum absolute atomic E-state index is 13.6. The molecule has 1 aliphatic heterocycles. The fourth-order valence-corrected chi connectivity index (χ4v) is 3.92. The quantitative estimate of drug-likeness (QED) is 0.694. The molecule has 0 amide bonds. The van der Waals surface area contributed by atoms with Crippen LogP contribution in [0.5, 0.6) is 0 Å². The molecule has 0 saturated carbocycles. The molecule has 5 nitrogen and oxygen atoms in total. The van der Waals surface area contributed by atoms with Crippen molar-refractivity contribution >= 4 is 39.0 Å². The third-order valence-corrected chi connectivity index (χ3v) is 5.39. The number of hydrogen-bond acceptors (Lipinski definition) is 6. The van der Waals surface area contributed by atoms with Crippen LogP contribution in [0, 0.1) is 17.1 Å². The second kappa shape index (κ2) is 7.77. The van der Waals surface area contributed by atoms with Gasteiger partial charge in [0.2, 0.25) is 0 Å². The van der Waals surface area contributed by atoms with Crippen LogP contribution in [0.3, 0.4) is 0 Å². The van der Waals surface area contributed by atoms with Gasteiger partial charge >= 0.3 is 0 Å². The Labute approximate surface area is 172 Å². The van der Waals surface area contributed by atoms with E-state index in [0.29, 0.717) is 36.1 Å². The first kappa shape index (κ1) is 13.0. The number of nitrogens with one attached hydrogen (secondary N) is 1. The van der Waals surface area contributed by atoms with Gasteiger partial charge in [-0.2, -0.15) is 5.26 Å². The van der Waals surface area contributed by atoms with Crippen molar-refractivity contribution in [2.75, 3.05) is 18.4 Å². The molecule has 2 aromatic heterocycles. The van der Waals surface area contributed by atoms with Gasteiger partial charge in [0.25, 0.3) is 0 Å². The van der Waals surface area contributed by atoms with E-state index < -0.39 is 12.3 Å². The molecular weight excluding hydrogens is 385 g/mol. The number of piperidine rings is 1. The number of halogens is 2. The van der Waals surface area contributed by atoms with Gasteiger partial charge in [0.05, 0.1) is 16.7 Å². The molecule has 0 unspecified atom stereocenters. The number of benzene rings is 1. The van der Waals surface area contributed by atoms with Gasteiger partial charge in [0.1, 0.15) is 30.2 Å². The predicted molar refractivity (Wildman–Crippen MR) is 105 cm³/mol. The first-order chi connectivity index (χ1) is 15.1. The van der Waals surface area contributed by atoms with E-state index in [0.717, 1.165) is 17.4 Å². The molecule has 1 fully saturated rings. The lowest BCUT2D eigenvalue weighted by atomic mass is 10.0. The van der Waals surface area contributed by atoms with Crippen molar-refractivity contribution in [3.63, 3.8) is 0 Å². The van der Waals surface area contributed by atoms with Gasteiger partial charge < -0.3 is 5.31 Å². The van der Waals surface area contributed by atoms with E-state index in [1.807, 2.05) is 0 Å². The molecule has 0 radical (unpaired) electrons. The summed E-state index contributed by atoms with van der Waals surface area (Å²) in [6.07, 6.45) is 0.597. The zero-order valence-corrected chi connectivity index (χ0v) is 15.6. The number of nitriles is 1. The van der Waals surface area contributed by atoms with Crippen molar-refractivity contribution in [3.05, 3.63) is 51.8 Å². The molecule has 1 aromatic carbocycles. The summed E-state index contributed by atoms with van der Waals surface area (Å²) in [7, 11) is 0. The van der Waals surface area contributed by atoms with Crippen LogP contribution in [0.4, 0.5) is 10.2 Å². The van der Waals surface area contributed by atoms with Crippen molar-refractivity contribution in [1.82, 2.24) is 14.9 Å². The zero-order valence-electron chi connectivity index (χ0n) is 19.0. The third kappa shape index (κ3) is 4.03. The fraction of sp³-hybridized carbons (Fsp3) is 0.316. The topological polar surface area (TPSA) is 64.8 Å². The van der Waals surface area contributed by atoms with Gasteiger partial charge in [-0.25, -0.2) is 14.4 Å². The third-order valence-electron chi connectivity index (χ3n) is 4.30. The lowest BCUT2D eigenvalue weighted by Gasteiger charge is -2.32. The monoisotopic (exact) mass is 406 g/mol. The van der Waals surface area contributed by atoms with Crippen LogP contribution in [-0.2, 0) is 6.50 Å². The molecule has 3 aromatic rings. The summed E-state index contributed by atoms with van der Waals surface area (Å²) < 4.78 is 55.5. The molecule has 27 heavy (non-hydrogen) atoms. The maximum atomic E-state index is 13.6. The number of fused-ring (bicyclic) bond motifs is 1. The van der Waals surface area contributed by atoms with Crippen molar-refractivity contribution in [3.8, 4) is 6.07 Å². The smallest absolute Gasteiger partial charge is 0.162 e. The Morgan fingerprint density at radius 3 is 3.07 bits per heavy atom. The van der Waals surface area contributed by atoms with Crippen LogP contribution in [0.1, 0.15) is 29.5 Å². The van der Waals surface area contributed by atoms with E-state index in [4.69, 9.17) is 23.8 Å². The molecule has 1 N–H and O–H groups in total. The number of likely N-dealkylation sites (tertiary alicyclic amines) is 1. The molecule has 4 rings (SSSR count). The van der Waals surface area contributed by atoms with E-state index >= 15 is 0 Å². The molecule has 0 bridgehead atoms. The Balaban J connectivity index is 1.54. The lowest BCUT2D eigenvalue weighted by Crippen LogP contribution is -2.38. The Bertz CT molecular complexity index is 1230. The molecule has 0 atom stereocenters. The Kier molecular flexibility index (Phi) is 3.74. The normalized spacial score (nSPS) is 18.9. The summed E-state index contributed by atoms with van der Waals surface area (Å²) in [5.41, 5.74) is -0.0158. The highest BCUT2D eigenvalue weighted by Gasteiger charge is 2.21. The minimum Gasteiger partial charge on any atom is -0.367 e. The van der Waals surface area contributed by atoms with Crippen molar-refractivity contribution < 1.29 is 11.3 Å². The zero-order chi connectivity index (χ0) is 23.2. The summed E-state index contributed by atoms with van der Waals surface area (Å²) in [6, 6.07) is 5.09. The van der Waals surface area contributed by atoms with Crippen molar-refractivity contribution in [1.29, 1.82) is 5.26 Å². The number of thiophene rings is 1. The SMILES string of the molecule is [2H]c1nc(N([2H])C2CCN(C([2H])([2H])c3ccc(F)c(C#N)c3)CC2)c2c([2H])c(Cl)sc2n1. The van der Waals surface area contributed by atoms with Crippen LogP contribution in [-0.4, -0.2) is 34.0 Å². The highest BCUT2D eigenvalue weighted by molar-refractivity contribution is 7.22. The molecule has 0 aliphatic carbocycles. The molecule has 3 heterocycles. The number of hydrogen-bond donors (Lipinski definition) is 1. The summed E-state index contributed by atoms with van der Waals surface area (Å²) in [5.74, 6) is -0.547. The summed E-state index contributed by atoms with van der Waals surface area (Å²) in [6.45, 7) is -1.29. The van der Waals surface area contributed by atoms with Gasteiger partial charge in [0.15, 0.2) is 1.41 Å². The van der Waals surface area contributed by atoms with Gasteiger partial charge in [0, 0.05) is 28.4 Å². The van der Waals surface area contributed by atoms with Gasteiger partial charge in [-0.3, -0.25) is 4.90 Å². The largest absolute Gasteiger partial charge is 0.367 e. The molecule has 138 valence electrons. The highest BCUT2D eigenvalue weighted by Crippen LogP contribution is 2.32. The molecule has 1 saturated heterocycles. The average molecular weight is 407 g/mol. The van der Waals surface area contributed by atoms with Crippen molar-refractivity contribution in [2.24, 2.45) is 0 Å². The van der Waals surface area contributed by atoms with Gasteiger partial charge in [-0.15, -0.1) is 11.3 Å². The van der Waals surface area contributed by atoms with E-state index in [-0.39, 0.29) is 39.7 Å². The van der Waals surface area contributed by atoms with Crippen LogP contribution in [0.25, 0.3) is 10.2 Å². The number of anilines is 1. The van der Waals surface area contributed by atoms with E-state index in [2.05, 4.69) is 9.97 Å². The van der Waals surface area contributed by atoms with Gasteiger partial charge in [-0.05, 0) is 36.6 Å². The predicted octanol–water partition coefficient (Wildman–Crippen LogP) is 4.43. The highest BCUT2D eigenvalue weighted by atomic mass is 35.5. The van der Waals surface area contributed by atoms with E-state index in [1.165, 1.54) is 17.4 Å². The van der Waals surface area contributed by atoms with Crippen LogP contribution in [0.15, 0.2) is 30.5 Å². The maximum Gasteiger partial charge on any atom is 0.162 e. The minimum absolute atomic E-state index is 0.0253. The summed E-state index contributed by atoms with van der Waals surface area (Å²) in [5, 5.41) is 10.5. The molecular formula is C19H17ClFN5S. The number of nitrogens with zero attached hydrogens (tertiary/aromatic N) is 4. The minimum atomic E-state index is -1.91. The lowest BCUT2D eigenvalue weighted by molar-refractivity contribution is 0.211. The first-order valence-corrected chi connectivity index (χ1v) is 9.49. The summed E-state index contributed by atoms with van der Waals surface area (Å²) >= 11 is 7.12. The van der Waals surface area contributed by atoms with Crippen LogP contribution >= 0.6 is 22.9 Å². The number of aromatic nitrogens is 2. The second-order valence-corrected chi connectivity index (χ2v) is 7.69. The Morgan fingerprint density at radius 2 is 2.30 bits per heavy atom. The molecule has 0 spiro atoms. The average Bonchev–Trinajstić information content (AvgIpc) is 3.06. The van der Waals surface area contributed by atoms with Crippen LogP contribution in [0.2, 0.25) is 5.75 Å². The molecule has 8 heteroatoms. The standard InChI is InChI=1S/C19H17ClFN5S/c20-17-8-15-18(23-11-24-19(15)27-17)25-14-3-5-26(6-4-14)10-12-1-2-16(21)13(7-12)9-22/h1-2,7-8,11,14H,3-6,10H2,(H,23,24,25)/i8D,10D2,11D/hD. The molecule has 1 aliphatic rings. The fourth-order valence-electron chi connectivity index (χ4n) is 2.95. The van der Waals surface area contributed by atoms with Gasteiger partial charge in [-0.1, -0.05) is 17.7 Å². The van der Waals surface area contributed by atoms with E-state index in [9.17, 15) is 4.39 Å². The first-order valence-electron chi connectivity index (χ1n) is 10.7. The second-order valence-electron chi connectivity index (χ2n) is 6.09. The Morgan fingerprint density at radius 1 is 1.48 bits per heavy atom. The summed E-state index contributed by atoms with van der Waals surface area (Å²) in [4.78, 5) is 10.0. The number of rotatable bonds is 4.